The fourth-order valence-electron chi connectivity index (χ4n) is 2.06. The van der Waals surface area contributed by atoms with Gasteiger partial charge < -0.3 is 4.90 Å². The summed E-state index contributed by atoms with van der Waals surface area (Å²) < 4.78 is 26.4. The van der Waals surface area contributed by atoms with Crippen LogP contribution in [0.15, 0.2) is 18.2 Å². The molecule has 2 aromatic rings. The largest absolute Gasteiger partial charge is 0.334 e. The second-order valence-electron chi connectivity index (χ2n) is 5.22. The van der Waals surface area contributed by atoms with E-state index in [0.29, 0.717) is 5.92 Å². The van der Waals surface area contributed by atoms with E-state index in [1.54, 1.807) is 0 Å². The van der Waals surface area contributed by atoms with Gasteiger partial charge in [-0.15, -0.1) is 5.10 Å². The fraction of sp³-hybridized carbons (Fsp3) is 0.357. The maximum absolute atomic E-state index is 13.6. The highest BCUT2D eigenvalue weighted by atomic mass is 19.1. The van der Waals surface area contributed by atoms with Crippen molar-refractivity contribution in [1.29, 1.82) is 0 Å². The Balaban J connectivity index is 1.71. The third-order valence-corrected chi connectivity index (χ3v) is 3.43. The number of hydrogen-bond acceptors (Lipinski definition) is 3. The van der Waals surface area contributed by atoms with Gasteiger partial charge in [-0.25, -0.2) is 13.8 Å². The van der Waals surface area contributed by atoms with E-state index in [-0.39, 0.29) is 17.9 Å². The number of aromatic nitrogens is 3. The lowest BCUT2D eigenvalue weighted by molar-refractivity contribution is 0.0772. The lowest BCUT2D eigenvalue weighted by atomic mass is 10.2. The summed E-state index contributed by atoms with van der Waals surface area (Å²) in [6.45, 7) is 0.0260. The Morgan fingerprint density at radius 2 is 2.19 bits per heavy atom. The molecule has 1 amide bonds. The topological polar surface area (TPSA) is 61.9 Å². The quantitative estimate of drug-likeness (QED) is 0.940. The zero-order valence-electron chi connectivity index (χ0n) is 11.4. The SMILES string of the molecule is CN(Cc1ccc(F)cc1F)C(=O)c1n[nH]c(C2CC2)n1. The molecule has 1 aromatic carbocycles. The molecule has 110 valence electrons. The summed E-state index contributed by atoms with van der Waals surface area (Å²) in [6, 6.07) is 3.28. The molecule has 1 aromatic heterocycles. The molecule has 1 aliphatic rings. The van der Waals surface area contributed by atoms with Crippen molar-refractivity contribution < 1.29 is 13.6 Å². The molecule has 1 saturated carbocycles. The summed E-state index contributed by atoms with van der Waals surface area (Å²) in [7, 11) is 1.53. The molecule has 3 rings (SSSR count). The number of amides is 1. The third kappa shape index (κ3) is 2.91. The van der Waals surface area contributed by atoms with Crippen molar-refractivity contribution in [2.75, 3.05) is 7.05 Å². The van der Waals surface area contributed by atoms with Gasteiger partial charge in [0.05, 0.1) is 0 Å². The summed E-state index contributed by atoms with van der Waals surface area (Å²) in [5, 5.41) is 6.65. The summed E-state index contributed by atoms with van der Waals surface area (Å²) in [6.07, 6.45) is 2.11. The van der Waals surface area contributed by atoms with Crippen LogP contribution >= 0.6 is 0 Å². The highest BCUT2D eigenvalue weighted by Crippen LogP contribution is 2.37. The van der Waals surface area contributed by atoms with Crippen molar-refractivity contribution in [1.82, 2.24) is 20.1 Å². The van der Waals surface area contributed by atoms with Gasteiger partial charge in [-0.1, -0.05) is 6.07 Å². The van der Waals surface area contributed by atoms with Gasteiger partial charge in [0.25, 0.3) is 5.91 Å². The number of nitrogens with zero attached hydrogens (tertiary/aromatic N) is 3. The van der Waals surface area contributed by atoms with E-state index < -0.39 is 17.5 Å². The second-order valence-corrected chi connectivity index (χ2v) is 5.22. The van der Waals surface area contributed by atoms with Crippen molar-refractivity contribution in [3.63, 3.8) is 0 Å². The molecule has 0 bridgehead atoms. The van der Waals surface area contributed by atoms with Crippen LogP contribution in [0, 0.1) is 11.6 Å². The Bertz CT molecular complexity index is 681. The van der Waals surface area contributed by atoms with E-state index in [4.69, 9.17) is 0 Å². The Morgan fingerprint density at radius 1 is 1.43 bits per heavy atom. The molecule has 1 N–H and O–H groups in total. The number of halogens is 2. The molecule has 0 unspecified atom stereocenters. The van der Waals surface area contributed by atoms with Crippen molar-refractivity contribution in [3.8, 4) is 0 Å². The first-order valence-corrected chi connectivity index (χ1v) is 6.66. The molecule has 1 aliphatic carbocycles. The Hall–Kier alpha value is -2.31. The lowest BCUT2D eigenvalue weighted by Crippen LogP contribution is -2.27. The first kappa shape index (κ1) is 13.7. The Kier molecular flexibility index (Phi) is 3.40. The van der Waals surface area contributed by atoms with Crippen LogP contribution in [0.1, 0.15) is 40.8 Å². The first-order chi connectivity index (χ1) is 10.0. The minimum absolute atomic E-state index is 0.0260. The molecule has 7 heteroatoms. The van der Waals surface area contributed by atoms with Gasteiger partial charge in [0.2, 0.25) is 5.82 Å². The highest BCUT2D eigenvalue weighted by Gasteiger charge is 2.28. The van der Waals surface area contributed by atoms with Gasteiger partial charge in [-0.05, 0) is 18.9 Å². The molecule has 21 heavy (non-hydrogen) atoms. The predicted molar refractivity (Wildman–Crippen MR) is 70.5 cm³/mol. The standard InChI is InChI=1S/C14H14F2N4O/c1-20(7-9-4-5-10(15)6-11(9)16)14(21)13-17-12(18-19-13)8-2-3-8/h4-6,8H,2-3,7H2,1H3,(H,17,18,19). The molecule has 0 saturated heterocycles. The molecule has 0 aliphatic heterocycles. The van der Waals surface area contributed by atoms with Crippen LogP contribution in [0.3, 0.4) is 0 Å². The molecular weight excluding hydrogens is 278 g/mol. The van der Waals surface area contributed by atoms with Crippen molar-refractivity contribution in [2.24, 2.45) is 0 Å². The van der Waals surface area contributed by atoms with E-state index in [1.165, 1.54) is 18.0 Å². The average Bonchev–Trinajstić information content (AvgIpc) is 3.19. The monoisotopic (exact) mass is 292 g/mol. The van der Waals surface area contributed by atoms with Crippen LogP contribution in [-0.4, -0.2) is 33.0 Å². The molecule has 0 radical (unpaired) electrons. The van der Waals surface area contributed by atoms with Crippen LogP contribution < -0.4 is 0 Å². The molecular formula is C14H14F2N4O. The predicted octanol–water partition coefficient (Wildman–Crippen LogP) is 2.23. The fourth-order valence-corrected chi connectivity index (χ4v) is 2.06. The summed E-state index contributed by atoms with van der Waals surface area (Å²) in [5.74, 6) is -0.556. The van der Waals surface area contributed by atoms with Crippen LogP contribution in [-0.2, 0) is 6.54 Å². The zero-order valence-corrected chi connectivity index (χ0v) is 11.4. The molecule has 1 heterocycles. The number of benzene rings is 1. The summed E-state index contributed by atoms with van der Waals surface area (Å²) >= 11 is 0. The van der Waals surface area contributed by atoms with Crippen molar-refractivity contribution in [3.05, 3.63) is 47.0 Å². The van der Waals surface area contributed by atoms with Gasteiger partial charge in [0.1, 0.15) is 17.5 Å². The maximum atomic E-state index is 13.6. The second kappa shape index (κ2) is 5.23. The Morgan fingerprint density at radius 3 is 2.86 bits per heavy atom. The van der Waals surface area contributed by atoms with Crippen molar-refractivity contribution in [2.45, 2.75) is 25.3 Å². The molecule has 5 nitrogen and oxygen atoms in total. The Labute approximate surface area is 120 Å². The van der Waals surface area contributed by atoms with Crippen LogP contribution in [0.5, 0.6) is 0 Å². The number of rotatable bonds is 4. The van der Waals surface area contributed by atoms with Gasteiger partial charge in [0, 0.05) is 31.1 Å². The molecule has 0 atom stereocenters. The van der Waals surface area contributed by atoms with Gasteiger partial charge in [-0.3, -0.25) is 9.89 Å². The smallest absolute Gasteiger partial charge is 0.293 e. The number of hydrogen-bond donors (Lipinski definition) is 1. The van der Waals surface area contributed by atoms with E-state index in [9.17, 15) is 13.6 Å². The summed E-state index contributed by atoms with van der Waals surface area (Å²) in [4.78, 5) is 17.6. The minimum atomic E-state index is -0.677. The number of nitrogens with one attached hydrogen (secondary N) is 1. The minimum Gasteiger partial charge on any atom is -0.334 e. The number of carbonyl (C=O) groups is 1. The van der Waals surface area contributed by atoms with Gasteiger partial charge >= 0.3 is 0 Å². The third-order valence-electron chi connectivity index (χ3n) is 3.43. The number of H-pyrrole nitrogens is 1. The van der Waals surface area contributed by atoms with Gasteiger partial charge in [0.15, 0.2) is 0 Å². The number of carbonyl (C=O) groups excluding carboxylic acids is 1. The van der Waals surface area contributed by atoms with Gasteiger partial charge in [-0.2, -0.15) is 0 Å². The van der Waals surface area contributed by atoms with Crippen LogP contribution in [0.2, 0.25) is 0 Å². The molecule has 1 fully saturated rings. The average molecular weight is 292 g/mol. The highest BCUT2D eigenvalue weighted by molar-refractivity contribution is 5.90. The normalized spacial score (nSPS) is 14.2. The van der Waals surface area contributed by atoms with E-state index in [1.807, 2.05) is 0 Å². The van der Waals surface area contributed by atoms with E-state index in [2.05, 4.69) is 15.2 Å². The summed E-state index contributed by atoms with van der Waals surface area (Å²) in [5.41, 5.74) is 0.241. The van der Waals surface area contributed by atoms with E-state index >= 15 is 0 Å². The zero-order chi connectivity index (χ0) is 15.0. The number of aromatic amines is 1. The van der Waals surface area contributed by atoms with E-state index in [0.717, 1.165) is 30.8 Å². The van der Waals surface area contributed by atoms with Crippen molar-refractivity contribution >= 4 is 5.91 Å². The molecule has 0 spiro atoms. The van der Waals surface area contributed by atoms with Crippen LogP contribution in [0.25, 0.3) is 0 Å². The maximum Gasteiger partial charge on any atom is 0.293 e. The first-order valence-electron chi connectivity index (χ1n) is 6.66. The van der Waals surface area contributed by atoms with Crippen LogP contribution in [0.4, 0.5) is 8.78 Å². The lowest BCUT2D eigenvalue weighted by Gasteiger charge is -2.15.